The first-order chi connectivity index (χ1) is 9.77. The number of nitrogens with zero attached hydrogens (tertiary/aromatic N) is 1. The van der Waals surface area contributed by atoms with Gasteiger partial charge in [-0.3, -0.25) is 0 Å². The summed E-state index contributed by atoms with van der Waals surface area (Å²) in [5, 5.41) is 0. The second-order valence-electron chi connectivity index (χ2n) is 6.39. The molecular formula is C19H39N. The molecule has 1 heteroatoms. The van der Waals surface area contributed by atoms with E-state index < -0.39 is 0 Å². The fourth-order valence-corrected chi connectivity index (χ4v) is 2.49. The molecule has 20 heavy (non-hydrogen) atoms. The van der Waals surface area contributed by atoms with E-state index in [1.807, 2.05) is 0 Å². The van der Waals surface area contributed by atoms with Gasteiger partial charge in [-0.25, -0.2) is 0 Å². The minimum atomic E-state index is 1.18. The maximum atomic E-state index is 2.37. The van der Waals surface area contributed by atoms with Crippen molar-refractivity contribution in [3.63, 3.8) is 0 Å². The van der Waals surface area contributed by atoms with Crippen molar-refractivity contribution in [2.45, 2.75) is 90.4 Å². The van der Waals surface area contributed by atoms with E-state index in [9.17, 15) is 0 Å². The average molecular weight is 282 g/mol. The Labute approximate surface area is 128 Å². The summed E-state index contributed by atoms with van der Waals surface area (Å²) < 4.78 is 0. The lowest BCUT2D eigenvalue weighted by molar-refractivity contribution is 0.417. The predicted octanol–water partition coefficient (Wildman–Crippen LogP) is 6.20. The molecule has 0 aromatic rings. The van der Waals surface area contributed by atoms with Gasteiger partial charge in [0.15, 0.2) is 0 Å². The predicted molar refractivity (Wildman–Crippen MR) is 93.4 cm³/mol. The van der Waals surface area contributed by atoms with E-state index in [1.54, 1.807) is 0 Å². The van der Waals surface area contributed by atoms with Gasteiger partial charge in [-0.1, -0.05) is 83.3 Å². The van der Waals surface area contributed by atoms with Crippen LogP contribution >= 0.6 is 0 Å². The molecule has 0 N–H and O–H groups in total. The highest BCUT2D eigenvalue weighted by molar-refractivity contribution is 4.81. The molecule has 0 aliphatic heterocycles. The van der Waals surface area contributed by atoms with Gasteiger partial charge in [-0.15, -0.1) is 0 Å². The third kappa shape index (κ3) is 17.7. The van der Waals surface area contributed by atoms with Gasteiger partial charge in [-0.2, -0.15) is 0 Å². The summed E-state index contributed by atoms with van der Waals surface area (Å²) >= 11 is 0. The van der Waals surface area contributed by atoms with E-state index in [0.717, 1.165) is 0 Å². The van der Waals surface area contributed by atoms with Crippen LogP contribution in [0.1, 0.15) is 90.4 Å². The SMILES string of the molecule is CCCCCCCCCCCCC/C=C/CCN(C)C. The lowest BCUT2D eigenvalue weighted by atomic mass is 10.1. The molecule has 0 aromatic carbocycles. The summed E-state index contributed by atoms with van der Waals surface area (Å²) in [5.41, 5.74) is 0. The van der Waals surface area contributed by atoms with E-state index in [0.29, 0.717) is 0 Å². The number of allylic oxidation sites excluding steroid dienone is 1. The molecule has 0 aromatic heterocycles. The van der Waals surface area contributed by atoms with E-state index in [1.165, 1.54) is 90.0 Å². The number of unbranched alkanes of at least 4 members (excludes halogenated alkanes) is 11. The number of hydrogen-bond donors (Lipinski definition) is 0. The molecule has 1 nitrogen and oxygen atoms in total. The highest BCUT2D eigenvalue weighted by Gasteiger charge is 1.92. The summed E-state index contributed by atoms with van der Waals surface area (Å²) in [6.45, 7) is 3.46. The Morgan fingerprint density at radius 1 is 0.600 bits per heavy atom. The number of hydrogen-bond acceptors (Lipinski definition) is 1. The minimum absolute atomic E-state index is 1.18. The van der Waals surface area contributed by atoms with E-state index in [4.69, 9.17) is 0 Å². The van der Waals surface area contributed by atoms with E-state index >= 15 is 0 Å². The largest absolute Gasteiger partial charge is 0.309 e. The Hall–Kier alpha value is -0.300. The van der Waals surface area contributed by atoms with Crippen LogP contribution in [0.3, 0.4) is 0 Å². The van der Waals surface area contributed by atoms with Crippen molar-refractivity contribution in [1.82, 2.24) is 4.90 Å². The topological polar surface area (TPSA) is 3.24 Å². The van der Waals surface area contributed by atoms with E-state index in [-0.39, 0.29) is 0 Å². The average Bonchev–Trinajstić information content (AvgIpc) is 2.43. The summed E-state index contributed by atoms with van der Waals surface area (Å²) in [6, 6.07) is 0. The zero-order valence-electron chi connectivity index (χ0n) is 14.5. The second-order valence-corrected chi connectivity index (χ2v) is 6.39. The Morgan fingerprint density at radius 2 is 1.05 bits per heavy atom. The van der Waals surface area contributed by atoms with Crippen LogP contribution in [0.4, 0.5) is 0 Å². The van der Waals surface area contributed by atoms with Crippen LogP contribution < -0.4 is 0 Å². The lowest BCUT2D eigenvalue weighted by Crippen LogP contribution is -2.11. The van der Waals surface area contributed by atoms with Gasteiger partial charge in [0.1, 0.15) is 0 Å². The van der Waals surface area contributed by atoms with Crippen LogP contribution in [0.5, 0.6) is 0 Å². The molecule has 0 heterocycles. The first kappa shape index (κ1) is 19.7. The second kappa shape index (κ2) is 16.8. The standard InChI is InChI=1S/C19H39N/c1-4-5-6-7-8-9-10-11-12-13-14-15-16-17-18-19-20(2)3/h16-17H,4-15,18-19H2,1-3H3/b17-16+. The monoisotopic (exact) mass is 281 g/mol. The van der Waals surface area contributed by atoms with Crippen LogP contribution in [0.15, 0.2) is 12.2 Å². The van der Waals surface area contributed by atoms with E-state index in [2.05, 4.69) is 38.1 Å². The summed E-state index contributed by atoms with van der Waals surface area (Å²) in [4.78, 5) is 2.24. The first-order valence-electron chi connectivity index (χ1n) is 9.07. The van der Waals surface area contributed by atoms with Crippen molar-refractivity contribution in [3.8, 4) is 0 Å². The van der Waals surface area contributed by atoms with Gasteiger partial charge in [0.05, 0.1) is 0 Å². The normalized spacial score (nSPS) is 11.8. The van der Waals surface area contributed by atoms with Gasteiger partial charge < -0.3 is 4.90 Å². The molecule has 0 bridgehead atoms. The zero-order valence-corrected chi connectivity index (χ0v) is 14.5. The Kier molecular flexibility index (Phi) is 16.5. The molecule has 0 unspecified atom stereocenters. The quantitative estimate of drug-likeness (QED) is 0.255. The molecule has 0 rings (SSSR count). The fourth-order valence-electron chi connectivity index (χ4n) is 2.49. The Bertz CT molecular complexity index is 196. The van der Waals surface area contributed by atoms with Crippen molar-refractivity contribution in [2.24, 2.45) is 0 Å². The summed E-state index contributed by atoms with van der Waals surface area (Å²) in [7, 11) is 4.27. The van der Waals surface area contributed by atoms with Gasteiger partial charge in [0.25, 0.3) is 0 Å². The van der Waals surface area contributed by atoms with Crippen LogP contribution in [-0.4, -0.2) is 25.5 Å². The maximum absolute atomic E-state index is 2.37. The van der Waals surface area contributed by atoms with Crippen LogP contribution in [0, 0.1) is 0 Å². The minimum Gasteiger partial charge on any atom is -0.309 e. The highest BCUT2D eigenvalue weighted by atomic mass is 15.0. The van der Waals surface area contributed by atoms with Crippen molar-refractivity contribution in [1.29, 1.82) is 0 Å². The van der Waals surface area contributed by atoms with Crippen molar-refractivity contribution >= 4 is 0 Å². The van der Waals surface area contributed by atoms with Gasteiger partial charge in [0, 0.05) is 6.54 Å². The van der Waals surface area contributed by atoms with Crippen LogP contribution in [-0.2, 0) is 0 Å². The van der Waals surface area contributed by atoms with Gasteiger partial charge in [0.2, 0.25) is 0 Å². The van der Waals surface area contributed by atoms with Crippen molar-refractivity contribution < 1.29 is 0 Å². The molecule has 0 saturated carbocycles. The molecule has 120 valence electrons. The summed E-state index contributed by atoms with van der Waals surface area (Å²) in [5.74, 6) is 0. The summed E-state index contributed by atoms with van der Waals surface area (Å²) in [6.07, 6.45) is 23.0. The molecular weight excluding hydrogens is 242 g/mol. The molecule has 0 aliphatic carbocycles. The molecule has 0 radical (unpaired) electrons. The maximum Gasteiger partial charge on any atom is 0.000980 e. The number of rotatable bonds is 15. The van der Waals surface area contributed by atoms with Crippen LogP contribution in [0.2, 0.25) is 0 Å². The van der Waals surface area contributed by atoms with Gasteiger partial charge in [-0.05, 0) is 33.4 Å². The highest BCUT2D eigenvalue weighted by Crippen LogP contribution is 2.12. The fraction of sp³-hybridized carbons (Fsp3) is 0.895. The molecule has 0 spiro atoms. The molecule has 0 fully saturated rings. The zero-order chi connectivity index (χ0) is 14.9. The first-order valence-corrected chi connectivity index (χ1v) is 9.07. The Morgan fingerprint density at radius 3 is 1.55 bits per heavy atom. The smallest absolute Gasteiger partial charge is 0.000980 e. The molecule has 0 amide bonds. The lowest BCUT2D eigenvalue weighted by Gasteiger charge is -2.05. The molecule has 0 atom stereocenters. The van der Waals surface area contributed by atoms with Crippen LogP contribution in [0.25, 0.3) is 0 Å². The molecule has 0 saturated heterocycles. The van der Waals surface area contributed by atoms with Gasteiger partial charge >= 0.3 is 0 Å². The van der Waals surface area contributed by atoms with Crippen molar-refractivity contribution in [3.05, 3.63) is 12.2 Å². The molecule has 0 aliphatic rings. The third-order valence-corrected chi connectivity index (χ3v) is 3.88. The third-order valence-electron chi connectivity index (χ3n) is 3.88. The Balaban J connectivity index is 3.02. The van der Waals surface area contributed by atoms with Crippen molar-refractivity contribution in [2.75, 3.05) is 20.6 Å².